The maximum Gasteiger partial charge on any atom is 0.153 e. The summed E-state index contributed by atoms with van der Waals surface area (Å²) in [5, 5.41) is 0. The van der Waals surface area contributed by atoms with Crippen LogP contribution in [0.4, 0.5) is 0 Å². The fraction of sp³-hybridized carbons (Fsp3) is 0.250. The lowest BCUT2D eigenvalue weighted by Gasteiger charge is -2.08. The predicted molar refractivity (Wildman–Crippen MR) is 57.3 cm³/mol. The molecule has 0 saturated heterocycles. The third-order valence-electron chi connectivity index (χ3n) is 1.85. The second-order valence-corrected chi connectivity index (χ2v) is 2.82. The Hall–Kier alpha value is -1.95. The largest absolute Gasteiger partial charge is 0.497 e. The van der Waals surface area contributed by atoms with Gasteiger partial charge in [0, 0.05) is 6.42 Å². The van der Waals surface area contributed by atoms with Crippen LogP contribution in [0.15, 0.2) is 18.2 Å². The topological polar surface area (TPSA) is 35.5 Å². The summed E-state index contributed by atoms with van der Waals surface area (Å²) < 4.78 is 10.3. The number of carbonyl (C=O) groups excluding carboxylic acids is 1. The Kier molecular flexibility index (Phi) is 4.24. The van der Waals surface area contributed by atoms with Crippen LogP contribution in [0, 0.1) is 12.3 Å². The molecule has 0 radical (unpaired) electrons. The Morgan fingerprint density at radius 3 is 2.93 bits per heavy atom. The van der Waals surface area contributed by atoms with Crippen LogP contribution in [-0.2, 0) is 0 Å². The van der Waals surface area contributed by atoms with E-state index in [1.807, 2.05) is 0 Å². The Labute approximate surface area is 89.0 Å². The van der Waals surface area contributed by atoms with Crippen molar-refractivity contribution in [1.29, 1.82) is 0 Å². The fourth-order valence-electron chi connectivity index (χ4n) is 1.10. The highest BCUT2D eigenvalue weighted by molar-refractivity contribution is 5.80. The van der Waals surface area contributed by atoms with E-state index in [4.69, 9.17) is 15.9 Å². The Morgan fingerprint density at radius 1 is 1.53 bits per heavy atom. The van der Waals surface area contributed by atoms with Gasteiger partial charge in [0.2, 0.25) is 0 Å². The molecule has 0 bridgehead atoms. The summed E-state index contributed by atoms with van der Waals surface area (Å²) in [5.74, 6) is 3.62. The molecule has 0 aliphatic carbocycles. The van der Waals surface area contributed by atoms with E-state index in [0.29, 0.717) is 30.1 Å². The van der Waals surface area contributed by atoms with Crippen LogP contribution in [0.25, 0.3) is 0 Å². The van der Waals surface area contributed by atoms with Crippen molar-refractivity contribution in [2.24, 2.45) is 0 Å². The number of rotatable bonds is 5. The van der Waals surface area contributed by atoms with Crippen molar-refractivity contribution in [1.82, 2.24) is 0 Å². The number of benzene rings is 1. The van der Waals surface area contributed by atoms with Gasteiger partial charge in [-0.25, -0.2) is 0 Å². The third-order valence-corrected chi connectivity index (χ3v) is 1.85. The second kappa shape index (κ2) is 5.71. The average Bonchev–Trinajstić information content (AvgIpc) is 2.29. The van der Waals surface area contributed by atoms with Gasteiger partial charge in [0.25, 0.3) is 0 Å². The van der Waals surface area contributed by atoms with Crippen molar-refractivity contribution in [2.45, 2.75) is 6.42 Å². The van der Waals surface area contributed by atoms with Crippen LogP contribution in [0.2, 0.25) is 0 Å². The number of methoxy groups -OCH3 is 1. The summed E-state index contributed by atoms with van der Waals surface area (Å²) in [7, 11) is 1.54. The number of aldehydes is 1. The van der Waals surface area contributed by atoms with Crippen molar-refractivity contribution in [3.63, 3.8) is 0 Å². The first kappa shape index (κ1) is 11.1. The molecule has 0 saturated carbocycles. The minimum absolute atomic E-state index is 0.406. The van der Waals surface area contributed by atoms with Gasteiger partial charge in [0.1, 0.15) is 11.5 Å². The van der Waals surface area contributed by atoms with Gasteiger partial charge < -0.3 is 9.47 Å². The predicted octanol–water partition coefficient (Wildman–Crippen LogP) is 1.91. The fourth-order valence-corrected chi connectivity index (χ4v) is 1.10. The smallest absolute Gasteiger partial charge is 0.153 e. The molecule has 0 spiro atoms. The molecule has 0 aromatic heterocycles. The number of hydrogen-bond acceptors (Lipinski definition) is 3. The van der Waals surface area contributed by atoms with E-state index < -0.39 is 0 Å². The molecule has 1 rings (SSSR count). The van der Waals surface area contributed by atoms with Gasteiger partial charge in [-0.15, -0.1) is 12.3 Å². The molecular formula is C12H12O3. The minimum atomic E-state index is 0.406. The zero-order chi connectivity index (χ0) is 11.1. The van der Waals surface area contributed by atoms with Gasteiger partial charge in [0.05, 0.1) is 19.3 Å². The highest BCUT2D eigenvalue weighted by Crippen LogP contribution is 2.22. The molecule has 0 amide bonds. The van der Waals surface area contributed by atoms with Gasteiger partial charge in [-0.3, -0.25) is 4.79 Å². The monoisotopic (exact) mass is 204 g/mol. The van der Waals surface area contributed by atoms with Gasteiger partial charge in [-0.2, -0.15) is 0 Å². The van der Waals surface area contributed by atoms with Crippen molar-refractivity contribution in [2.75, 3.05) is 13.7 Å². The molecule has 3 heteroatoms. The van der Waals surface area contributed by atoms with Gasteiger partial charge in [-0.05, 0) is 18.2 Å². The van der Waals surface area contributed by atoms with Crippen LogP contribution in [0.3, 0.4) is 0 Å². The van der Waals surface area contributed by atoms with Crippen LogP contribution in [0.1, 0.15) is 16.8 Å². The number of carbonyl (C=O) groups is 1. The van der Waals surface area contributed by atoms with Gasteiger partial charge in [-0.1, -0.05) is 0 Å². The van der Waals surface area contributed by atoms with Crippen LogP contribution >= 0.6 is 0 Å². The quantitative estimate of drug-likeness (QED) is 0.417. The highest BCUT2D eigenvalue weighted by atomic mass is 16.5. The average molecular weight is 204 g/mol. The Bertz CT molecular complexity index is 377. The SMILES string of the molecule is C#CCCOc1ccc(OC)cc1C=O. The van der Waals surface area contributed by atoms with Crippen LogP contribution in [-0.4, -0.2) is 20.0 Å². The molecule has 0 aliphatic heterocycles. The molecule has 3 nitrogen and oxygen atoms in total. The summed E-state index contributed by atoms with van der Waals surface area (Å²) in [6, 6.07) is 5.05. The lowest BCUT2D eigenvalue weighted by Crippen LogP contribution is -1.99. The molecule has 0 heterocycles. The Balaban J connectivity index is 2.79. The lowest BCUT2D eigenvalue weighted by molar-refractivity contribution is 0.111. The molecule has 0 aliphatic rings. The van der Waals surface area contributed by atoms with Gasteiger partial charge in [0.15, 0.2) is 6.29 Å². The maximum atomic E-state index is 10.8. The van der Waals surface area contributed by atoms with Crippen molar-refractivity contribution in [3.05, 3.63) is 23.8 Å². The Morgan fingerprint density at radius 2 is 2.33 bits per heavy atom. The first-order valence-electron chi connectivity index (χ1n) is 4.51. The van der Waals surface area contributed by atoms with Crippen LogP contribution in [0.5, 0.6) is 11.5 Å². The second-order valence-electron chi connectivity index (χ2n) is 2.82. The molecular weight excluding hydrogens is 192 g/mol. The van der Waals surface area contributed by atoms with Crippen LogP contribution < -0.4 is 9.47 Å². The van der Waals surface area contributed by atoms with E-state index in [1.165, 1.54) is 0 Å². The zero-order valence-electron chi connectivity index (χ0n) is 8.53. The van der Waals surface area contributed by atoms with Crippen molar-refractivity contribution >= 4 is 6.29 Å². The summed E-state index contributed by atoms with van der Waals surface area (Å²) >= 11 is 0. The van der Waals surface area contributed by atoms with E-state index in [2.05, 4.69) is 5.92 Å². The normalized spacial score (nSPS) is 9.07. The standard InChI is InChI=1S/C12H12O3/c1-3-4-7-15-12-6-5-11(14-2)8-10(12)9-13/h1,5-6,8-9H,4,7H2,2H3. The summed E-state index contributed by atoms with van der Waals surface area (Å²) in [5.41, 5.74) is 0.464. The summed E-state index contributed by atoms with van der Waals surface area (Å²) in [6.45, 7) is 0.406. The molecule has 0 N–H and O–H groups in total. The lowest BCUT2D eigenvalue weighted by atomic mass is 10.2. The van der Waals surface area contributed by atoms with E-state index in [0.717, 1.165) is 6.29 Å². The molecule has 78 valence electrons. The first-order valence-corrected chi connectivity index (χ1v) is 4.51. The highest BCUT2D eigenvalue weighted by Gasteiger charge is 2.04. The molecule has 15 heavy (non-hydrogen) atoms. The summed E-state index contributed by atoms with van der Waals surface area (Å²) in [6.07, 6.45) is 6.34. The van der Waals surface area contributed by atoms with E-state index >= 15 is 0 Å². The molecule has 0 atom stereocenters. The first-order chi connectivity index (χ1) is 7.31. The summed E-state index contributed by atoms with van der Waals surface area (Å²) in [4.78, 5) is 10.8. The zero-order valence-corrected chi connectivity index (χ0v) is 8.53. The minimum Gasteiger partial charge on any atom is -0.497 e. The number of ether oxygens (including phenoxy) is 2. The van der Waals surface area contributed by atoms with E-state index in [9.17, 15) is 4.79 Å². The molecule has 0 unspecified atom stereocenters. The van der Waals surface area contributed by atoms with E-state index in [1.54, 1.807) is 25.3 Å². The molecule has 0 fully saturated rings. The van der Waals surface area contributed by atoms with Crippen molar-refractivity contribution < 1.29 is 14.3 Å². The maximum absolute atomic E-state index is 10.8. The van der Waals surface area contributed by atoms with Gasteiger partial charge >= 0.3 is 0 Å². The number of terminal acetylenes is 1. The molecule has 1 aromatic rings. The number of hydrogen-bond donors (Lipinski definition) is 0. The van der Waals surface area contributed by atoms with Crippen molar-refractivity contribution in [3.8, 4) is 23.8 Å². The molecule has 1 aromatic carbocycles. The van der Waals surface area contributed by atoms with E-state index in [-0.39, 0.29) is 0 Å². The third kappa shape index (κ3) is 3.03.